The van der Waals surface area contributed by atoms with Crippen LogP contribution in [0.15, 0.2) is 36.5 Å². The van der Waals surface area contributed by atoms with Crippen LogP contribution in [-0.4, -0.2) is 7.11 Å². The van der Waals surface area contributed by atoms with Gasteiger partial charge in [0.15, 0.2) is 12.2 Å². The third kappa shape index (κ3) is 1.80. The smallest absolute Gasteiger partial charge is 0.212 e. The molecule has 2 rings (SSSR count). The Labute approximate surface area is 90.1 Å². The summed E-state index contributed by atoms with van der Waals surface area (Å²) < 4.78 is 7.47. The van der Waals surface area contributed by atoms with Crippen LogP contribution in [0.5, 0.6) is 5.75 Å². The van der Waals surface area contributed by atoms with E-state index in [1.807, 2.05) is 6.07 Å². The van der Waals surface area contributed by atoms with Crippen molar-refractivity contribution in [2.24, 2.45) is 0 Å². The van der Waals surface area contributed by atoms with Crippen molar-refractivity contribution in [3.8, 4) is 5.75 Å². The summed E-state index contributed by atoms with van der Waals surface area (Å²) in [6, 6.07) is 10.8. The van der Waals surface area contributed by atoms with E-state index in [2.05, 4.69) is 48.9 Å². The second kappa shape index (κ2) is 3.89. The summed E-state index contributed by atoms with van der Waals surface area (Å²) in [6.07, 6.45) is 2.11. The van der Waals surface area contributed by atoms with E-state index in [4.69, 9.17) is 4.74 Å². The quantitative estimate of drug-likeness (QED) is 0.682. The van der Waals surface area contributed by atoms with Gasteiger partial charge in [-0.1, -0.05) is 0 Å². The molecule has 15 heavy (non-hydrogen) atoms. The third-order valence-electron chi connectivity index (χ3n) is 2.59. The number of methoxy groups -OCH3 is 1. The van der Waals surface area contributed by atoms with Gasteiger partial charge in [0.1, 0.15) is 5.75 Å². The molecule has 0 N–H and O–H groups in total. The largest absolute Gasteiger partial charge is 0.497 e. The van der Waals surface area contributed by atoms with Gasteiger partial charge in [0.2, 0.25) is 5.52 Å². The van der Waals surface area contributed by atoms with Crippen LogP contribution in [0.1, 0.15) is 19.9 Å². The first kappa shape index (κ1) is 9.97. The van der Waals surface area contributed by atoms with Crippen molar-refractivity contribution in [1.29, 1.82) is 0 Å². The molecular weight excluding hydrogens is 186 g/mol. The van der Waals surface area contributed by atoms with Crippen molar-refractivity contribution in [2.45, 2.75) is 19.9 Å². The maximum absolute atomic E-state index is 5.21. The molecule has 0 radical (unpaired) electrons. The fourth-order valence-electron chi connectivity index (χ4n) is 1.80. The van der Waals surface area contributed by atoms with Gasteiger partial charge in [-0.25, -0.2) is 0 Å². The van der Waals surface area contributed by atoms with Crippen molar-refractivity contribution in [2.75, 3.05) is 7.11 Å². The minimum Gasteiger partial charge on any atom is -0.497 e. The van der Waals surface area contributed by atoms with Crippen LogP contribution >= 0.6 is 0 Å². The Morgan fingerprint density at radius 3 is 2.67 bits per heavy atom. The highest BCUT2D eigenvalue weighted by Gasteiger charge is 2.11. The van der Waals surface area contributed by atoms with E-state index in [1.165, 1.54) is 10.9 Å². The number of aromatic nitrogens is 1. The molecule has 0 aliphatic carbocycles. The molecule has 78 valence electrons. The standard InChI is InChI=1S/C13H16NO/c1-10(2)14-8-4-5-11-9-12(15-3)6-7-13(11)14/h4-10H,1-3H3/q+1. The SMILES string of the molecule is COc1ccc2c(ccc[n+]2C(C)C)c1. The second-order valence-electron chi connectivity index (χ2n) is 3.93. The fraction of sp³-hybridized carbons (Fsp3) is 0.308. The Balaban J connectivity index is 2.67. The molecule has 0 spiro atoms. The molecule has 0 amide bonds. The van der Waals surface area contributed by atoms with Crippen LogP contribution in [0.25, 0.3) is 10.9 Å². The molecule has 0 aliphatic rings. The van der Waals surface area contributed by atoms with Gasteiger partial charge in [0.25, 0.3) is 0 Å². The Hall–Kier alpha value is -1.57. The van der Waals surface area contributed by atoms with Gasteiger partial charge >= 0.3 is 0 Å². The first-order valence-electron chi connectivity index (χ1n) is 5.20. The van der Waals surface area contributed by atoms with Crippen LogP contribution in [0, 0.1) is 0 Å². The predicted octanol–water partition coefficient (Wildman–Crippen LogP) is 2.72. The molecule has 0 atom stereocenters. The van der Waals surface area contributed by atoms with E-state index in [-0.39, 0.29) is 0 Å². The molecule has 1 aromatic carbocycles. The van der Waals surface area contributed by atoms with E-state index >= 15 is 0 Å². The van der Waals surface area contributed by atoms with E-state index < -0.39 is 0 Å². The summed E-state index contributed by atoms with van der Waals surface area (Å²) in [5.41, 5.74) is 1.24. The number of rotatable bonds is 2. The molecule has 2 aromatic rings. The van der Waals surface area contributed by atoms with Gasteiger partial charge in [-0.05, 0) is 32.0 Å². The number of benzene rings is 1. The van der Waals surface area contributed by atoms with Crippen LogP contribution in [0.4, 0.5) is 0 Å². The minimum absolute atomic E-state index is 0.474. The van der Waals surface area contributed by atoms with Gasteiger partial charge < -0.3 is 4.74 Å². The van der Waals surface area contributed by atoms with Gasteiger partial charge in [-0.15, -0.1) is 0 Å². The third-order valence-corrected chi connectivity index (χ3v) is 2.59. The van der Waals surface area contributed by atoms with Gasteiger partial charge in [-0.3, -0.25) is 0 Å². The average Bonchev–Trinajstić information content (AvgIpc) is 2.27. The monoisotopic (exact) mass is 202 g/mol. The normalized spacial score (nSPS) is 10.9. The Morgan fingerprint density at radius 1 is 1.20 bits per heavy atom. The molecule has 2 heteroatoms. The fourth-order valence-corrected chi connectivity index (χ4v) is 1.80. The van der Waals surface area contributed by atoms with E-state index in [9.17, 15) is 0 Å². The first-order chi connectivity index (χ1) is 7.22. The Morgan fingerprint density at radius 2 is 2.00 bits per heavy atom. The van der Waals surface area contributed by atoms with Crippen LogP contribution in [-0.2, 0) is 0 Å². The lowest BCUT2D eigenvalue weighted by atomic mass is 10.2. The number of ether oxygens (including phenoxy) is 1. The zero-order valence-corrected chi connectivity index (χ0v) is 9.40. The van der Waals surface area contributed by atoms with Gasteiger partial charge in [0.05, 0.1) is 12.5 Å². The number of hydrogen-bond acceptors (Lipinski definition) is 1. The summed E-state index contributed by atoms with van der Waals surface area (Å²) in [4.78, 5) is 0. The molecule has 0 saturated carbocycles. The van der Waals surface area contributed by atoms with E-state index in [0.717, 1.165) is 5.75 Å². The highest BCUT2D eigenvalue weighted by atomic mass is 16.5. The summed E-state index contributed by atoms with van der Waals surface area (Å²) in [5, 5.41) is 1.21. The van der Waals surface area contributed by atoms with Crippen molar-refractivity contribution in [1.82, 2.24) is 0 Å². The lowest BCUT2D eigenvalue weighted by Gasteiger charge is -2.05. The molecule has 2 nitrogen and oxygen atoms in total. The summed E-state index contributed by atoms with van der Waals surface area (Å²) in [6.45, 7) is 4.37. The van der Waals surface area contributed by atoms with Gasteiger partial charge in [-0.2, -0.15) is 4.57 Å². The van der Waals surface area contributed by atoms with Crippen molar-refractivity contribution >= 4 is 10.9 Å². The number of hydrogen-bond donors (Lipinski definition) is 0. The lowest BCUT2D eigenvalue weighted by Crippen LogP contribution is -2.36. The number of fused-ring (bicyclic) bond motifs is 1. The molecule has 0 fully saturated rings. The Kier molecular flexibility index (Phi) is 2.58. The highest BCUT2D eigenvalue weighted by molar-refractivity contribution is 5.77. The summed E-state index contributed by atoms with van der Waals surface area (Å²) in [7, 11) is 1.70. The predicted molar refractivity (Wildman–Crippen MR) is 61.1 cm³/mol. The molecule has 0 unspecified atom stereocenters. The first-order valence-corrected chi connectivity index (χ1v) is 5.20. The van der Waals surface area contributed by atoms with Crippen LogP contribution in [0.2, 0.25) is 0 Å². The van der Waals surface area contributed by atoms with Crippen molar-refractivity contribution in [3.05, 3.63) is 36.5 Å². The number of pyridine rings is 1. The van der Waals surface area contributed by atoms with E-state index in [0.29, 0.717) is 6.04 Å². The van der Waals surface area contributed by atoms with Crippen molar-refractivity contribution in [3.63, 3.8) is 0 Å². The highest BCUT2D eigenvalue weighted by Crippen LogP contribution is 2.18. The molecular formula is C13H16NO+. The summed E-state index contributed by atoms with van der Waals surface area (Å²) >= 11 is 0. The second-order valence-corrected chi connectivity index (χ2v) is 3.93. The van der Waals surface area contributed by atoms with Crippen LogP contribution < -0.4 is 9.30 Å². The number of nitrogens with zero attached hydrogens (tertiary/aromatic N) is 1. The molecule has 1 aromatic heterocycles. The molecule has 1 heterocycles. The summed E-state index contributed by atoms with van der Waals surface area (Å²) in [5.74, 6) is 0.906. The maximum atomic E-state index is 5.21. The lowest BCUT2D eigenvalue weighted by molar-refractivity contribution is -0.691. The average molecular weight is 202 g/mol. The Bertz CT molecular complexity index is 477. The minimum atomic E-state index is 0.474. The van der Waals surface area contributed by atoms with Crippen molar-refractivity contribution < 1.29 is 9.30 Å². The zero-order chi connectivity index (χ0) is 10.8. The molecule has 0 saturated heterocycles. The maximum Gasteiger partial charge on any atom is 0.212 e. The van der Waals surface area contributed by atoms with Gasteiger partial charge in [0, 0.05) is 12.1 Å². The topological polar surface area (TPSA) is 13.1 Å². The molecule has 0 bridgehead atoms. The van der Waals surface area contributed by atoms with E-state index in [1.54, 1.807) is 7.11 Å². The zero-order valence-electron chi connectivity index (χ0n) is 9.40. The van der Waals surface area contributed by atoms with Crippen LogP contribution in [0.3, 0.4) is 0 Å². The molecule has 0 aliphatic heterocycles.